The number of carbonyl (C=O) groups is 1. The SMILES string of the molecule is CCc1c(C(=O)N2CCC(N3CCNCC3)C2)cnn1-c1ccc(F)cc1.Cl. The summed E-state index contributed by atoms with van der Waals surface area (Å²) in [4.78, 5) is 17.6. The van der Waals surface area contributed by atoms with Gasteiger partial charge in [0.1, 0.15) is 5.82 Å². The van der Waals surface area contributed by atoms with Crippen LogP contribution in [0, 0.1) is 5.82 Å². The van der Waals surface area contributed by atoms with Gasteiger partial charge < -0.3 is 10.2 Å². The molecule has 6 nitrogen and oxygen atoms in total. The predicted molar refractivity (Wildman–Crippen MR) is 109 cm³/mol. The summed E-state index contributed by atoms with van der Waals surface area (Å²) < 4.78 is 15.0. The number of rotatable bonds is 4. The van der Waals surface area contributed by atoms with Gasteiger partial charge in [-0.25, -0.2) is 9.07 Å². The third-order valence-electron chi connectivity index (χ3n) is 5.62. The van der Waals surface area contributed by atoms with Crippen LogP contribution < -0.4 is 5.32 Å². The first-order chi connectivity index (χ1) is 13.2. The van der Waals surface area contributed by atoms with Gasteiger partial charge in [-0.3, -0.25) is 9.69 Å². The molecule has 1 N–H and O–H groups in total. The smallest absolute Gasteiger partial charge is 0.257 e. The van der Waals surface area contributed by atoms with Crippen molar-refractivity contribution >= 4 is 18.3 Å². The Labute approximate surface area is 171 Å². The molecule has 1 unspecified atom stereocenters. The van der Waals surface area contributed by atoms with Gasteiger partial charge in [0.15, 0.2) is 0 Å². The van der Waals surface area contributed by atoms with Gasteiger partial charge >= 0.3 is 0 Å². The minimum Gasteiger partial charge on any atom is -0.337 e. The molecule has 1 aromatic carbocycles. The van der Waals surface area contributed by atoms with Crippen LogP contribution in [-0.2, 0) is 6.42 Å². The number of carbonyl (C=O) groups excluding carboxylic acids is 1. The van der Waals surface area contributed by atoms with Crippen LogP contribution in [0.25, 0.3) is 5.69 Å². The minimum atomic E-state index is -0.281. The van der Waals surface area contributed by atoms with E-state index in [2.05, 4.69) is 15.3 Å². The molecule has 1 amide bonds. The highest BCUT2D eigenvalue weighted by molar-refractivity contribution is 5.95. The van der Waals surface area contributed by atoms with Gasteiger partial charge in [-0.05, 0) is 37.1 Å². The second kappa shape index (κ2) is 9.03. The number of halogens is 2. The van der Waals surface area contributed by atoms with E-state index in [0.29, 0.717) is 18.0 Å². The maximum Gasteiger partial charge on any atom is 0.257 e. The number of hydrogen-bond donors (Lipinski definition) is 1. The number of nitrogens with zero attached hydrogens (tertiary/aromatic N) is 4. The van der Waals surface area contributed by atoms with Crippen LogP contribution in [0.5, 0.6) is 0 Å². The molecule has 2 aliphatic heterocycles. The Kier molecular flexibility index (Phi) is 6.69. The van der Waals surface area contributed by atoms with Crippen molar-refractivity contribution in [2.75, 3.05) is 39.3 Å². The Bertz CT molecular complexity index is 803. The predicted octanol–water partition coefficient (Wildman–Crippen LogP) is 2.12. The molecule has 0 spiro atoms. The molecular weight excluding hydrogens is 381 g/mol. The maximum atomic E-state index is 13.2. The van der Waals surface area contributed by atoms with Gasteiger partial charge in [-0.1, -0.05) is 6.92 Å². The maximum absolute atomic E-state index is 13.2. The topological polar surface area (TPSA) is 53.4 Å². The molecule has 2 aromatic rings. The fraction of sp³-hybridized carbons (Fsp3) is 0.500. The third-order valence-corrected chi connectivity index (χ3v) is 5.62. The lowest BCUT2D eigenvalue weighted by atomic mass is 10.1. The zero-order valence-corrected chi connectivity index (χ0v) is 16.9. The van der Waals surface area contributed by atoms with Crippen LogP contribution in [0.1, 0.15) is 29.4 Å². The van der Waals surface area contributed by atoms with E-state index in [4.69, 9.17) is 0 Å². The monoisotopic (exact) mass is 407 g/mol. The average molecular weight is 408 g/mol. The molecule has 28 heavy (non-hydrogen) atoms. The Morgan fingerprint density at radius 2 is 1.93 bits per heavy atom. The van der Waals surface area contributed by atoms with Crippen LogP contribution in [0.2, 0.25) is 0 Å². The molecule has 1 aromatic heterocycles. The van der Waals surface area contributed by atoms with Gasteiger partial charge in [0.25, 0.3) is 5.91 Å². The zero-order chi connectivity index (χ0) is 18.8. The van der Waals surface area contributed by atoms with Gasteiger partial charge in [-0.2, -0.15) is 5.10 Å². The molecule has 0 saturated carbocycles. The lowest BCUT2D eigenvalue weighted by Crippen LogP contribution is -2.49. The number of amides is 1. The molecule has 152 valence electrons. The molecule has 1 atom stereocenters. The number of benzene rings is 1. The van der Waals surface area contributed by atoms with E-state index in [1.165, 1.54) is 12.1 Å². The van der Waals surface area contributed by atoms with Gasteiger partial charge in [0.2, 0.25) is 0 Å². The van der Waals surface area contributed by atoms with Crippen molar-refractivity contribution in [1.29, 1.82) is 0 Å². The van der Waals surface area contributed by atoms with Crippen molar-refractivity contribution in [2.24, 2.45) is 0 Å². The molecule has 0 aliphatic carbocycles. The Morgan fingerprint density at radius 3 is 2.61 bits per heavy atom. The van der Waals surface area contributed by atoms with E-state index in [9.17, 15) is 9.18 Å². The number of aromatic nitrogens is 2. The molecule has 3 heterocycles. The fourth-order valence-electron chi connectivity index (χ4n) is 4.14. The van der Waals surface area contributed by atoms with Crippen LogP contribution in [0.15, 0.2) is 30.5 Å². The average Bonchev–Trinajstić information content (AvgIpc) is 3.36. The van der Waals surface area contributed by atoms with Crippen LogP contribution in [0.4, 0.5) is 4.39 Å². The summed E-state index contributed by atoms with van der Waals surface area (Å²) in [5, 5.41) is 7.79. The molecule has 2 fully saturated rings. The standard InChI is InChI=1S/C20H26FN5O.ClH/c1-2-19-18(13-23-26(19)16-5-3-15(21)4-6-16)20(27)25-10-7-17(14-25)24-11-8-22-9-12-24;/h3-6,13,17,22H,2,7-12,14H2,1H3;1H. The summed E-state index contributed by atoms with van der Waals surface area (Å²) in [7, 11) is 0. The molecule has 0 radical (unpaired) electrons. The van der Waals surface area contributed by atoms with E-state index in [0.717, 1.165) is 57.1 Å². The van der Waals surface area contributed by atoms with Crippen molar-refractivity contribution < 1.29 is 9.18 Å². The second-order valence-corrected chi connectivity index (χ2v) is 7.23. The number of hydrogen-bond acceptors (Lipinski definition) is 4. The van der Waals surface area contributed by atoms with Crippen molar-refractivity contribution in [3.63, 3.8) is 0 Å². The quantitative estimate of drug-likeness (QED) is 0.843. The van der Waals surface area contributed by atoms with Crippen molar-refractivity contribution in [3.8, 4) is 5.69 Å². The summed E-state index contributed by atoms with van der Waals surface area (Å²) in [6.45, 7) is 7.73. The minimum absolute atomic E-state index is 0. The first kappa shape index (κ1) is 20.8. The van der Waals surface area contributed by atoms with E-state index >= 15 is 0 Å². The lowest BCUT2D eigenvalue weighted by Gasteiger charge is -2.32. The third kappa shape index (κ3) is 4.06. The second-order valence-electron chi connectivity index (χ2n) is 7.23. The van der Waals surface area contributed by atoms with Crippen molar-refractivity contribution in [1.82, 2.24) is 24.9 Å². The van der Waals surface area contributed by atoms with E-state index in [-0.39, 0.29) is 24.1 Å². The largest absolute Gasteiger partial charge is 0.337 e. The molecule has 2 saturated heterocycles. The van der Waals surface area contributed by atoms with Crippen molar-refractivity contribution in [3.05, 3.63) is 47.5 Å². The van der Waals surface area contributed by atoms with E-state index < -0.39 is 0 Å². The molecular formula is C20H27ClFN5O. The summed E-state index contributed by atoms with van der Waals surface area (Å²) in [5.74, 6) is -0.228. The van der Waals surface area contributed by atoms with E-state index in [1.54, 1.807) is 23.0 Å². The highest BCUT2D eigenvalue weighted by Gasteiger charge is 2.32. The summed E-state index contributed by atoms with van der Waals surface area (Å²) in [6.07, 6.45) is 3.37. The Morgan fingerprint density at radius 1 is 1.21 bits per heavy atom. The summed E-state index contributed by atoms with van der Waals surface area (Å²) in [6, 6.07) is 6.65. The van der Waals surface area contributed by atoms with Crippen LogP contribution in [-0.4, -0.2) is 70.8 Å². The number of nitrogens with one attached hydrogen (secondary N) is 1. The lowest BCUT2D eigenvalue weighted by molar-refractivity contribution is 0.0772. The molecule has 4 rings (SSSR count). The summed E-state index contributed by atoms with van der Waals surface area (Å²) in [5.41, 5.74) is 2.30. The van der Waals surface area contributed by atoms with Crippen LogP contribution >= 0.6 is 12.4 Å². The van der Waals surface area contributed by atoms with Gasteiger partial charge in [0.05, 0.1) is 23.1 Å². The highest BCUT2D eigenvalue weighted by atomic mass is 35.5. The molecule has 8 heteroatoms. The first-order valence-electron chi connectivity index (χ1n) is 9.74. The van der Waals surface area contributed by atoms with E-state index in [1.807, 2.05) is 11.8 Å². The first-order valence-corrected chi connectivity index (χ1v) is 9.74. The zero-order valence-electron chi connectivity index (χ0n) is 16.1. The normalized spacial score (nSPS) is 20.2. The Hall–Kier alpha value is -1.96. The van der Waals surface area contributed by atoms with Crippen molar-refractivity contribution in [2.45, 2.75) is 25.8 Å². The fourth-order valence-corrected chi connectivity index (χ4v) is 4.14. The number of piperazine rings is 1. The van der Waals surface area contributed by atoms with Crippen LogP contribution in [0.3, 0.4) is 0 Å². The highest BCUT2D eigenvalue weighted by Crippen LogP contribution is 2.22. The Balaban J connectivity index is 0.00000225. The summed E-state index contributed by atoms with van der Waals surface area (Å²) >= 11 is 0. The van der Waals surface area contributed by atoms with Gasteiger partial charge in [0, 0.05) is 45.3 Å². The molecule has 0 bridgehead atoms. The number of likely N-dealkylation sites (tertiary alicyclic amines) is 1. The molecule has 2 aliphatic rings. The van der Waals surface area contributed by atoms with Gasteiger partial charge in [-0.15, -0.1) is 12.4 Å².